The Morgan fingerprint density at radius 1 is 1.58 bits per heavy atom. The normalized spacial score (nSPS) is 17.3. The zero-order valence-electron chi connectivity index (χ0n) is 9.75. The minimum atomic E-state index is -4.75. The summed E-state index contributed by atoms with van der Waals surface area (Å²) in [4.78, 5) is 11.8. The van der Waals surface area contributed by atoms with Crippen molar-refractivity contribution in [3.05, 3.63) is 23.0 Å². The van der Waals surface area contributed by atoms with E-state index in [1.807, 2.05) is 0 Å². The van der Waals surface area contributed by atoms with Gasteiger partial charge < -0.3 is 15.0 Å². The van der Waals surface area contributed by atoms with Crippen LogP contribution in [0.3, 0.4) is 0 Å². The maximum absolute atomic E-state index is 12.1. The topological polar surface area (TPSA) is 54.3 Å². The second kappa shape index (κ2) is 5.05. The molecule has 1 aliphatic carbocycles. The van der Waals surface area contributed by atoms with Gasteiger partial charge in [0.25, 0.3) is 5.91 Å². The van der Waals surface area contributed by atoms with Crippen LogP contribution in [0.15, 0.2) is 12.3 Å². The van der Waals surface area contributed by atoms with Gasteiger partial charge in [0.05, 0.1) is 11.6 Å². The van der Waals surface area contributed by atoms with E-state index in [1.165, 1.54) is 6.07 Å². The summed E-state index contributed by atoms with van der Waals surface area (Å²) >= 11 is 5.79. The monoisotopic (exact) mass is 296 g/mol. The first-order chi connectivity index (χ1) is 8.79. The number of halogens is 4. The van der Waals surface area contributed by atoms with E-state index in [1.54, 1.807) is 10.8 Å². The van der Waals surface area contributed by atoms with Gasteiger partial charge in [0, 0.05) is 12.2 Å². The third-order valence-corrected chi connectivity index (χ3v) is 3.03. The highest BCUT2D eigenvalue weighted by Crippen LogP contribution is 2.37. The number of carbonyl (C=O) groups is 1. The molecule has 1 aromatic rings. The lowest BCUT2D eigenvalue weighted by atomic mass is 10.3. The summed E-state index contributed by atoms with van der Waals surface area (Å²) in [5.74, 6) is -0.679. The van der Waals surface area contributed by atoms with Crippen molar-refractivity contribution in [1.82, 2.24) is 9.88 Å². The number of hydrogen-bond donors (Lipinski definition) is 2. The highest BCUT2D eigenvalue weighted by atomic mass is 35.5. The van der Waals surface area contributed by atoms with Crippen molar-refractivity contribution in [2.24, 2.45) is 0 Å². The molecule has 0 bridgehead atoms. The lowest BCUT2D eigenvalue weighted by molar-refractivity contribution is -0.201. The molecule has 4 nitrogen and oxygen atoms in total. The van der Waals surface area contributed by atoms with Gasteiger partial charge in [-0.1, -0.05) is 11.6 Å². The molecule has 1 saturated carbocycles. The maximum Gasteiger partial charge on any atom is 0.416 e. The van der Waals surface area contributed by atoms with Gasteiger partial charge >= 0.3 is 6.18 Å². The van der Waals surface area contributed by atoms with Crippen LogP contribution in [0.5, 0.6) is 0 Å². The second-order valence-corrected chi connectivity index (χ2v) is 4.89. The molecule has 19 heavy (non-hydrogen) atoms. The van der Waals surface area contributed by atoms with Crippen LogP contribution in [0, 0.1) is 0 Å². The predicted molar refractivity (Wildman–Crippen MR) is 62.1 cm³/mol. The molecular formula is C11H12ClF3N2O2. The summed E-state index contributed by atoms with van der Waals surface area (Å²) in [5.41, 5.74) is 0.210. The van der Waals surface area contributed by atoms with Gasteiger partial charge in [-0.3, -0.25) is 4.79 Å². The van der Waals surface area contributed by atoms with E-state index in [0.717, 1.165) is 12.8 Å². The molecule has 1 unspecified atom stereocenters. The summed E-state index contributed by atoms with van der Waals surface area (Å²) in [5, 5.41) is 11.2. The molecular weight excluding hydrogens is 285 g/mol. The fourth-order valence-corrected chi connectivity index (χ4v) is 1.89. The molecule has 0 saturated heterocycles. The second-order valence-electron chi connectivity index (χ2n) is 4.45. The van der Waals surface area contributed by atoms with Crippen LogP contribution in [-0.4, -0.2) is 34.4 Å². The lowest BCUT2D eigenvalue weighted by Crippen LogP contribution is -2.41. The zero-order chi connectivity index (χ0) is 14.2. The Kier molecular flexibility index (Phi) is 3.78. The van der Waals surface area contributed by atoms with Crippen LogP contribution in [0.25, 0.3) is 0 Å². The Bertz CT molecular complexity index is 483. The van der Waals surface area contributed by atoms with Gasteiger partial charge in [0.2, 0.25) is 0 Å². The molecule has 1 heterocycles. The fourth-order valence-electron chi connectivity index (χ4n) is 1.68. The average Bonchev–Trinajstić information content (AvgIpc) is 3.07. The Balaban J connectivity index is 2.00. The number of nitrogens with zero attached hydrogens (tertiary/aromatic N) is 1. The third kappa shape index (κ3) is 3.42. The maximum atomic E-state index is 12.1. The van der Waals surface area contributed by atoms with Gasteiger partial charge in [-0.25, -0.2) is 0 Å². The number of aliphatic hydroxyl groups is 1. The van der Waals surface area contributed by atoms with E-state index in [4.69, 9.17) is 16.7 Å². The van der Waals surface area contributed by atoms with Gasteiger partial charge in [-0.15, -0.1) is 0 Å². The van der Waals surface area contributed by atoms with Crippen molar-refractivity contribution >= 4 is 17.5 Å². The smallest absolute Gasteiger partial charge is 0.382 e. The quantitative estimate of drug-likeness (QED) is 0.894. The molecule has 1 aromatic heterocycles. The molecule has 1 fully saturated rings. The standard InChI is InChI=1S/C11H12ClF3N2O2/c12-6-3-8(17(5-6)7-1-2-7)10(19)16-4-9(18)11(13,14)15/h3,5,7,9,18H,1-2,4H2,(H,16,19). The number of alkyl halides is 3. The van der Waals surface area contributed by atoms with Crippen LogP contribution in [0.4, 0.5) is 13.2 Å². The molecule has 0 radical (unpaired) electrons. The summed E-state index contributed by atoms with van der Waals surface area (Å²) < 4.78 is 37.9. The Morgan fingerprint density at radius 3 is 2.74 bits per heavy atom. The van der Waals surface area contributed by atoms with Crippen molar-refractivity contribution in [1.29, 1.82) is 0 Å². The number of aromatic nitrogens is 1. The van der Waals surface area contributed by atoms with Crippen molar-refractivity contribution in [2.75, 3.05) is 6.54 Å². The summed E-state index contributed by atoms with van der Waals surface area (Å²) in [6, 6.07) is 1.58. The van der Waals surface area contributed by atoms with Crippen LogP contribution >= 0.6 is 11.6 Å². The summed E-state index contributed by atoms with van der Waals surface area (Å²) in [7, 11) is 0. The van der Waals surface area contributed by atoms with Crippen molar-refractivity contribution in [3.63, 3.8) is 0 Å². The lowest BCUT2D eigenvalue weighted by Gasteiger charge is -2.15. The van der Waals surface area contributed by atoms with Crippen LogP contribution in [0.1, 0.15) is 29.4 Å². The minimum Gasteiger partial charge on any atom is -0.382 e. The van der Waals surface area contributed by atoms with E-state index in [2.05, 4.69) is 5.32 Å². The van der Waals surface area contributed by atoms with Crippen molar-refractivity contribution in [2.45, 2.75) is 31.2 Å². The van der Waals surface area contributed by atoms with E-state index < -0.39 is 24.7 Å². The highest BCUT2D eigenvalue weighted by molar-refractivity contribution is 6.31. The number of rotatable bonds is 4. The Labute approximate surface area is 112 Å². The van der Waals surface area contributed by atoms with Gasteiger partial charge in [-0.2, -0.15) is 13.2 Å². The minimum absolute atomic E-state index is 0.181. The third-order valence-electron chi connectivity index (χ3n) is 2.82. The average molecular weight is 297 g/mol. The van der Waals surface area contributed by atoms with E-state index in [-0.39, 0.29) is 11.7 Å². The van der Waals surface area contributed by atoms with Gasteiger partial charge in [0.1, 0.15) is 5.69 Å². The SMILES string of the molecule is O=C(NCC(O)C(F)(F)F)c1cc(Cl)cn1C1CC1. The molecule has 0 spiro atoms. The van der Waals surface area contributed by atoms with E-state index in [0.29, 0.717) is 5.02 Å². The number of hydrogen-bond acceptors (Lipinski definition) is 2. The van der Waals surface area contributed by atoms with Crippen molar-refractivity contribution < 1.29 is 23.1 Å². The number of amides is 1. The molecule has 0 aromatic carbocycles. The summed E-state index contributed by atoms with van der Waals surface area (Å²) in [6.45, 7) is -0.879. The van der Waals surface area contributed by atoms with E-state index in [9.17, 15) is 18.0 Å². The van der Waals surface area contributed by atoms with Crippen LogP contribution in [0.2, 0.25) is 5.02 Å². The molecule has 2 N–H and O–H groups in total. The summed E-state index contributed by atoms with van der Waals surface area (Å²) in [6.07, 6.45) is -3.92. The number of aliphatic hydroxyl groups excluding tert-OH is 1. The molecule has 8 heteroatoms. The van der Waals surface area contributed by atoms with Crippen LogP contribution < -0.4 is 5.32 Å². The first-order valence-corrected chi connectivity index (χ1v) is 6.07. The van der Waals surface area contributed by atoms with Gasteiger partial charge in [0.15, 0.2) is 6.10 Å². The molecule has 0 aliphatic heterocycles. The largest absolute Gasteiger partial charge is 0.416 e. The van der Waals surface area contributed by atoms with Crippen molar-refractivity contribution in [3.8, 4) is 0 Å². The molecule has 1 aliphatic rings. The first kappa shape index (κ1) is 14.2. The first-order valence-electron chi connectivity index (χ1n) is 5.69. The molecule has 106 valence electrons. The molecule has 1 atom stereocenters. The molecule has 2 rings (SSSR count). The zero-order valence-corrected chi connectivity index (χ0v) is 10.5. The predicted octanol–water partition coefficient (Wildman–Crippen LogP) is 2.13. The Hall–Kier alpha value is -1.21. The molecule has 1 amide bonds. The Morgan fingerprint density at radius 2 is 2.21 bits per heavy atom. The number of nitrogens with one attached hydrogen (secondary N) is 1. The number of carbonyl (C=O) groups excluding carboxylic acids is 1. The van der Waals surface area contributed by atoms with E-state index >= 15 is 0 Å². The van der Waals surface area contributed by atoms with Crippen LogP contribution in [-0.2, 0) is 0 Å². The fraction of sp³-hybridized carbons (Fsp3) is 0.545. The van der Waals surface area contributed by atoms with Gasteiger partial charge in [-0.05, 0) is 18.9 Å². The highest BCUT2D eigenvalue weighted by Gasteiger charge is 2.38.